The molecule has 88 valence electrons. The van der Waals surface area contributed by atoms with Crippen LogP contribution in [0.15, 0.2) is 59.8 Å². The van der Waals surface area contributed by atoms with Crippen LogP contribution in [-0.2, 0) is 4.79 Å². The summed E-state index contributed by atoms with van der Waals surface area (Å²) in [5.74, 6) is -0.315. The molecule has 18 heavy (non-hydrogen) atoms. The number of amides is 1. The summed E-state index contributed by atoms with van der Waals surface area (Å²) < 4.78 is 0. The fourth-order valence-corrected chi connectivity index (χ4v) is 2.13. The van der Waals surface area contributed by atoms with Gasteiger partial charge in [0.05, 0.1) is 5.69 Å². The van der Waals surface area contributed by atoms with E-state index in [0.29, 0.717) is 5.56 Å². The van der Waals surface area contributed by atoms with Crippen molar-refractivity contribution in [2.24, 2.45) is 5.16 Å². The second-order valence-corrected chi connectivity index (χ2v) is 3.94. The lowest BCUT2D eigenvalue weighted by Gasteiger charge is -2.16. The van der Waals surface area contributed by atoms with Crippen molar-refractivity contribution >= 4 is 23.0 Å². The number of fused-ring (bicyclic) bond motifs is 1. The molecule has 1 aliphatic rings. The molecule has 0 saturated heterocycles. The van der Waals surface area contributed by atoms with Crippen molar-refractivity contribution in [2.75, 3.05) is 4.90 Å². The Labute approximate surface area is 104 Å². The Morgan fingerprint density at radius 3 is 2.33 bits per heavy atom. The molecule has 1 amide bonds. The normalized spacial score (nSPS) is 16.1. The van der Waals surface area contributed by atoms with Gasteiger partial charge in [0.2, 0.25) is 0 Å². The Kier molecular flexibility index (Phi) is 2.34. The molecule has 4 heteroatoms. The number of carbonyl (C=O) groups is 1. The van der Waals surface area contributed by atoms with Gasteiger partial charge >= 0.3 is 0 Å². The highest BCUT2D eigenvalue weighted by Gasteiger charge is 2.35. The number of carbonyl (C=O) groups excluding carboxylic acids is 1. The van der Waals surface area contributed by atoms with Crippen molar-refractivity contribution in [3.63, 3.8) is 0 Å². The van der Waals surface area contributed by atoms with E-state index in [2.05, 4.69) is 5.16 Å². The molecule has 0 unspecified atom stereocenters. The third-order valence-electron chi connectivity index (χ3n) is 2.92. The minimum Gasteiger partial charge on any atom is -0.410 e. The van der Waals surface area contributed by atoms with Crippen molar-refractivity contribution in [3.05, 3.63) is 60.2 Å². The summed E-state index contributed by atoms with van der Waals surface area (Å²) >= 11 is 0. The zero-order valence-corrected chi connectivity index (χ0v) is 9.45. The number of hydrogen-bond donors (Lipinski definition) is 1. The van der Waals surface area contributed by atoms with Crippen LogP contribution in [0, 0.1) is 0 Å². The fourth-order valence-electron chi connectivity index (χ4n) is 2.13. The molecule has 0 aromatic heterocycles. The van der Waals surface area contributed by atoms with Gasteiger partial charge in [0.25, 0.3) is 5.91 Å². The van der Waals surface area contributed by atoms with E-state index in [4.69, 9.17) is 5.21 Å². The maximum atomic E-state index is 12.2. The van der Waals surface area contributed by atoms with Crippen LogP contribution in [0.25, 0.3) is 0 Å². The Hall–Kier alpha value is -2.62. The number of anilines is 2. The Balaban J connectivity index is 2.21. The summed E-state index contributed by atoms with van der Waals surface area (Å²) in [7, 11) is 0. The van der Waals surface area contributed by atoms with Gasteiger partial charge in [0.15, 0.2) is 5.71 Å². The summed E-state index contributed by atoms with van der Waals surface area (Å²) in [6, 6.07) is 16.6. The summed E-state index contributed by atoms with van der Waals surface area (Å²) in [5, 5.41) is 12.1. The second kappa shape index (κ2) is 4.00. The number of nitrogens with zero attached hydrogens (tertiary/aromatic N) is 2. The quantitative estimate of drug-likeness (QED) is 0.613. The van der Waals surface area contributed by atoms with Crippen LogP contribution < -0.4 is 4.90 Å². The van der Waals surface area contributed by atoms with Crippen molar-refractivity contribution in [3.8, 4) is 0 Å². The maximum Gasteiger partial charge on any atom is 0.285 e. The topological polar surface area (TPSA) is 52.9 Å². The number of hydrogen-bond acceptors (Lipinski definition) is 3. The average molecular weight is 238 g/mol. The lowest BCUT2D eigenvalue weighted by atomic mass is 10.1. The van der Waals surface area contributed by atoms with Crippen LogP contribution in [0.3, 0.4) is 0 Å². The number of benzene rings is 2. The van der Waals surface area contributed by atoms with E-state index in [0.717, 1.165) is 11.4 Å². The van der Waals surface area contributed by atoms with Crippen LogP contribution >= 0.6 is 0 Å². The zero-order valence-electron chi connectivity index (χ0n) is 9.45. The molecule has 1 N–H and O–H groups in total. The van der Waals surface area contributed by atoms with E-state index < -0.39 is 0 Å². The van der Waals surface area contributed by atoms with Gasteiger partial charge in [-0.2, -0.15) is 0 Å². The van der Waals surface area contributed by atoms with E-state index in [1.54, 1.807) is 11.0 Å². The van der Waals surface area contributed by atoms with Gasteiger partial charge in [-0.25, -0.2) is 0 Å². The second-order valence-electron chi connectivity index (χ2n) is 3.94. The van der Waals surface area contributed by atoms with Gasteiger partial charge in [-0.05, 0) is 18.2 Å². The van der Waals surface area contributed by atoms with Crippen LogP contribution in [0.5, 0.6) is 0 Å². The van der Waals surface area contributed by atoms with Gasteiger partial charge < -0.3 is 5.21 Å². The first kappa shape index (κ1) is 10.5. The molecule has 0 saturated carbocycles. The number of rotatable bonds is 1. The molecule has 2 aromatic carbocycles. The van der Waals surface area contributed by atoms with Gasteiger partial charge in [0.1, 0.15) is 0 Å². The van der Waals surface area contributed by atoms with Crippen molar-refractivity contribution in [1.82, 2.24) is 0 Å². The van der Waals surface area contributed by atoms with E-state index in [1.165, 1.54) is 0 Å². The maximum absolute atomic E-state index is 12.2. The molecule has 0 atom stereocenters. The first-order chi connectivity index (χ1) is 8.83. The van der Waals surface area contributed by atoms with Crippen molar-refractivity contribution < 1.29 is 10.0 Å². The number of oxime groups is 1. The van der Waals surface area contributed by atoms with E-state index in [9.17, 15) is 4.79 Å². The lowest BCUT2D eigenvalue weighted by molar-refractivity contribution is -0.111. The molecule has 0 bridgehead atoms. The van der Waals surface area contributed by atoms with E-state index in [1.807, 2.05) is 48.5 Å². The summed E-state index contributed by atoms with van der Waals surface area (Å²) in [6.45, 7) is 0. The highest BCUT2D eigenvalue weighted by Crippen LogP contribution is 2.35. The third-order valence-corrected chi connectivity index (χ3v) is 2.92. The van der Waals surface area contributed by atoms with Gasteiger partial charge in [-0.15, -0.1) is 0 Å². The minimum absolute atomic E-state index is 0.0782. The molecular weight excluding hydrogens is 228 g/mol. The first-order valence-electron chi connectivity index (χ1n) is 5.54. The first-order valence-corrected chi connectivity index (χ1v) is 5.54. The highest BCUT2D eigenvalue weighted by atomic mass is 16.4. The molecule has 4 nitrogen and oxygen atoms in total. The predicted molar refractivity (Wildman–Crippen MR) is 68.4 cm³/mol. The van der Waals surface area contributed by atoms with E-state index in [-0.39, 0.29) is 11.6 Å². The predicted octanol–water partition coefficient (Wildman–Crippen LogP) is 2.54. The minimum atomic E-state index is -0.315. The molecular formula is C14H10N2O2. The Morgan fingerprint density at radius 1 is 0.944 bits per heavy atom. The standard InChI is InChI=1S/C14H10N2O2/c17-14-13(15-18)11-8-4-5-9-12(11)16(14)10-6-2-1-3-7-10/h1-9,18H/b15-13+. The van der Waals surface area contributed by atoms with Crippen LogP contribution in [0.2, 0.25) is 0 Å². The van der Waals surface area contributed by atoms with Gasteiger partial charge in [-0.1, -0.05) is 41.6 Å². The molecule has 2 aromatic rings. The molecule has 1 aliphatic heterocycles. The zero-order chi connectivity index (χ0) is 12.5. The summed E-state index contributed by atoms with van der Waals surface area (Å²) in [5.41, 5.74) is 2.22. The van der Waals surface area contributed by atoms with Crippen molar-refractivity contribution in [1.29, 1.82) is 0 Å². The third kappa shape index (κ3) is 1.39. The SMILES string of the molecule is O=C1/C(=N/O)c2ccccc2N1c1ccccc1. The Morgan fingerprint density at radius 2 is 1.61 bits per heavy atom. The van der Waals surface area contributed by atoms with E-state index >= 15 is 0 Å². The summed E-state index contributed by atoms with van der Waals surface area (Å²) in [6.07, 6.45) is 0. The van der Waals surface area contributed by atoms with Crippen molar-refractivity contribution in [2.45, 2.75) is 0 Å². The van der Waals surface area contributed by atoms with Crippen LogP contribution in [-0.4, -0.2) is 16.8 Å². The molecule has 1 heterocycles. The smallest absolute Gasteiger partial charge is 0.285 e. The monoisotopic (exact) mass is 238 g/mol. The summed E-state index contributed by atoms with van der Waals surface area (Å²) in [4.78, 5) is 13.8. The van der Waals surface area contributed by atoms with Crippen LogP contribution in [0.4, 0.5) is 11.4 Å². The average Bonchev–Trinajstić information content (AvgIpc) is 2.71. The molecule has 0 aliphatic carbocycles. The Bertz CT molecular complexity index is 635. The highest BCUT2D eigenvalue weighted by molar-refractivity contribution is 6.55. The molecule has 0 spiro atoms. The molecule has 0 fully saturated rings. The van der Waals surface area contributed by atoms with Crippen LogP contribution in [0.1, 0.15) is 5.56 Å². The lowest BCUT2D eigenvalue weighted by Crippen LogP contribution is -2.25. The largest absolute Gasteiger partial charge is 0.410 e. The van der Waals surface area contributed by atoms with Gasteiger partial charge in [-0.3, -0.25) is 9.69 Å². The van der Waals surface area contributed by atoms with Gasteiger partial charge in [0, 0.05) is 11.3 Å². The molecule has 3 rings (SSSR count). The molecule has 0 radical (unpaired) electrons. The number of para-hydroxylation sites is 2. The fraction of sp³-hybridized carbons (Fsp3) is 0.